The molecule has 0 unspecified atom stereocenters. The molecule has 3 heterocycles. The molecule has 1 aromatic rings. The number of hydrogen-bond donors (Lipinski definition) is 1. The number of likely N-dealkylation sites (tertiary alicyclic amines) is 1. The van der Waals surface area contributed by atoms with Gasteiger partial charge in [-0.1, -0.05) is 85.9 Å². The average Bonchev–Trinajstić information content (AvgIpc) is 3.27. The van der Waals surface area contributed by atoms with Gasteiger partial charge in [-0.25, -0.2) is 9.38 Å². The van der Waals surface area contributed by atoms with Crippen molar-refractivity contribution in [2.24, 2.45) is 16.8 Å². The fourth-order valence-corrected chi connectivity index (χ4v) is 4.60. The molecule has 2 atom stereocenters. The summed E-state index contributed by atoms with van der Waals surface area (Å²) >= 11 is 0. The quantitative estimate of drug-likeness (QED) is 0.446. The van der Waals surface area contributed by atoms with E-state index in [1.807, 2.05) is 63.1 Å². The van der Waals surface area contributed by atoms with Gasteiger partial charge in [0.25, 0.3) is 0 Å². The zero-order chi connectivity index (χ0) is 27.5. The van der Waals surface area contributed by atoms with Crippen molar-refractivity contribution >= 4 is 11.5 Å². The Morgan fingerprint density at radius 1 is 1.11 bits per heavy atom. The Hall–Kier alpha value is -2.66. The number of aliphatic hydroxyl groups excluding tert-OH is 1. The van der Waals surface area contributed by atoms with Gasteiger partial charge in [-0.3, -0.25) is 0 Å². The number of benzene rings is 1. The van der Waals surface area contributed by atoms with Crippen LogP contribution in [0.4, 0.5) is 4.39 Å². The van der Waals surface area contributed by atoms with Gasteiger partial charge in [0.05, 0.1) is 17.5 Å². The normalized spacial score (nSPS) is 22.1. The topological polar surface area (TPSA) is 39.1 Å². The Morgan fingerprint density at radius 3 is 2.35 bits per heavy atom. The van der Waals surface area contributed by atoms with E-state index in [1.54, 1.807) is 13.0 Å². The largest absolute Gasteiger partial charge is 0.391 e. The highest BCUT2D eigenvalue weighted by Crippen LogP contribution is 2.31. The number of nitrogens with zero attached hydrogens (tertiary/aromatic N) is 3. The molecule has 1 N–H and O–H groups in total. The maximum absolute atomic E-state index is 13.9. The van der Waals surface area contributed by atoms with E-state index in [1.165, 1.54) is 25.3 Å². The molecule has 5 heteroatoms. The van der Waals surface area contributed by atoms with Crippen molar-refractivity contribution in [1.82, 2.24) is 9.80 Å². The molecule has 5 rings (SSSR count). The van der Waals surface area contributed by atoms with E-state index in [0.717, 1.165) is 48.1 Å². The molecule has 4 aliphatic rings. The summed E-state index contributed by atoms with van der Waals surface area (Å²) in [5.41, 5.74) is 3.90. The summed E-state index contributed by atoms with van der Waals surface area (Å²) in [7, 11) is 0. The molecule has 0 bridgehead atoms. The van der Waals surface area contributed by atoms with Crippen LogP contribution < -0.4 is 0 Å². The van der Waals surface area contributed by atoms with Gasteiger partial charge in [0, 0.05) is 36.5 Å². The van der Waals surface area contributed by atoms with Crippen LogP contribution in [0.3, 0.4) is 0 Å². The summed E-state index contributed by atoms with van der Waals surface area (Å²) in [6.07, 6.45) is 14.2. The molecule has 37 heavy (non-hydrogen) atoms. The fourth-order valence-electron chi connectivity index (χ4n) is 4.60. The smallest absolute Gasteiger partial charge is 0.137 e. The molecule has 0 spiro atoms. The van der Waals surface area contributed by atoms with Gasteiger partial charge in [0.1, 0.15) is 11.7 Å². The minimum atomic E-state index is -0.281. The molecule has 0 radical (unpaired) electrons. The number of rotatable bonds is 4. The number of β-amino-alcohol motifs (C(OH)–C–C–N with tert-alkyl or cyclic N) is 1. The van der Waals surface area contributed by atoms with Crippen LogP contribution in [0.25, 0.3) is 5.70 Å². The Morgan fingerprint density at radius 2 is 1.78 bits per heavy atom. The monoisotopic (exact) mass is 509 g/mol. The Kier molecular flexibility index (Phi) is 12.3. The number of fused-ring (bicyclic) bond motifs is 1. The lowest BCUT2D eigenvalue weighted by molar-refractivity contribution is 0.139. The predicted molar refractivity (Wildman–Crippen MR) is 156 cm³/mol. The summed E-state index contributed by atoms with van der Waals surface area (Å²) in [4.78, 5) is 8.86. The van der Waals surface area contributed by atoms with E-state index < -0.39 is 0 Å². The van der Waals surface area contributed by atoms with E-state index in [2.05, 4.69) is 25.3 Å². The number of aryl methyl sites for hydroxylation is 1. The molecular formula is C32H48FN3O. The lowest BCUT2D eigenvalue weighted by atomic mass is 9.88. The van der Waals surface area contributed by atoms with Crippen LogP contribution in [-0.2, 0) is 0 Å². The second-order valence-corrected chi connectivity index (χ2v) is 9.77. The number of aliphatic hydroxyl groups is 1. The van der Waals surface area contributed by atoms with Crippen molar-refractivity contribution < 1.29 is 9.50 Å². The molecule has 1 aromatic carbocycles. The van der Waals surface area contributed by atoms with Gasteiger partial charge in [0.15, 0.2) is 0 Å². The number of halogens is 1. The summed E-state index contributed by atoms with van der Waals surface area (Å²) < 4.78 is 13.9. The first-order valence-electron chi connectivity index (χ1n) is 14.2. The van der Waals surface area contributed by atoms with Crippen molar-refractivity contribution in [2.45, 2.75) is 86.7 Å². The molecule has 204 valence electrons. The molecule has 1 saturated heterocycles. The molecule has 1 saturated carbocycles. The Bertz CT molecular complexity index is 1020. The van der Waals surface area contributed by atoms with Gasteiger partial charge in [-0.05, 0) is 49.1 Å². The molecule has 0 aromatic heterocycles. The highest BCUT2D eigenvalue weighted by molar-refractivity contribution is 6.02. The second kappa shape index (κ2) is 14.9. The van der Waals surface area contributed by atoms with Crippen LogP contribution in [0.1, 0.15) is 84.8 Å². The van der Waals surface area contributed by atoms with Crippen molar-refractivity contribution in [3.8, 4) is 0 Å². The summed E-state index contributed by atoms with van der Waals surface area (Å²) in [5, 5.41) is 10.3. The first kappa shape index (κ1) is 30.6. The third kappa shape index (κ3) is 7.91. The molecule has 4 nitrogen and oxygen atoms in total. The van der Waals surface area contributed by atoms with Crippen LogP contribution >= 0.6 is 0 Å². The summed E-state index contributed by atoms with van der Waals surface area (Å²) in [6.45, 7) is 19.9. The first-order chi connectivity index (χ1) is 17.9. The zero-order valence-electron chi connectivity index (χ0n) is 24.1. The Balaban J connectivity index is 0.000000463. The van der Waals surface area contributed by atoms with Crippen molar-refractivity contribution in [3.63, 3.8) is 0 Å². The highest BCUT2D eigenvalue weighted by Gasteiger charge is 2.32. The highest BCUT2D eigenvalue weighted by atomic mass is 19.1. The lowest BCUT2D eigenvalue weighted by Crippen LogP contribution is -2.31. The number of amidine groups is 1. The SMILES string of the molecule is C=C1C=C(c2ccc(C)c(F)c2)N=C2C=CC(N3C[C@@H](CCC)[C@H](O)C3)=CN12.CC.CC.CC1CCC1. The summed E-state index contributed by atoms with van der Waals surface area (Å²) in [6, 6.07) is 5.16. The fraction of sp³-hybridized carbons (Fsp3) is 0.531. The molecule has 1 aliphatic carbocycles. The van der Waals surface area contributed by atoms with Crippen LogP contribution in [0, 0.1) is 24.6 Å². The molecule has 0 amide bonds. The average molecular weight is 510 g/mol. The maximum atomic E-state index is 13.9. The maximum Gasteiger partial charge on any atom is 0.137 e. The van der Waals surface area contributed by atoms with Gasteiger partial charge < -0.3 is 14.9 Å². The Labute approximate surface area is 225 Å². The van der Waals surface area contributed by atoms with E-state index >= 15 is 0 Å². The van der Waals surface area contributed by atoms with Crippen LogP contribution in [-0.4, -0.2) is 39.9 Å². The van der Waals surface area contributed by atoms with Gasteiger partial charge in [-0.2, -0.15) is 0 Å². The van der Waals surface area contributed by atoms with Crippen molar-refractivity contribution in [1.29, 1.82) is 0 Å². The van der Waals surface area contributed by atoms with Crippen molar-refractivity contribution in [3.05, 3.63) is 77.5 Å². The van der Waals surface area contributed by atoms with Gasteiger partial charge >= 0.3 is 0 Å². The molecule has 3 aliphatic heterocycles. The number of hydrogen-bond acceptors (Lipinski definition) is 4. The lowest BCUT2D eigenvalue weighted by Gasteiger charge is -2.31. The summed E-state index contributed by atoms with van der Waals surface area (Å²) in [5.74, 6) is 1.91. The van der Waals surface area contributed by atoms with E-state index in [-0.39, 0.29) is 11.9 Å². The van der Waals surface area contributed by atoms with E-state index in [4.69, 9.17) is 4.99 Å². The third-order valence-corrected chi connectivity index (χ3v) is 7.05. The van der Waals surface area contributed by atoms with Crippen LogP contribution in [0.2, 0.25) is 0 Å². The zero-order valence-corrected chi connectivity index (χ0v) is 24.1. The number of allylic oxidation sites excluding steroid dienone is 2. The minimum absolute atomic E-state index is 0.234. The molecule has 2 fully saturated rings. The standard InChI is InChI=1S/C23H26FN3O.C5H10.2C2H6/c1-4-5-18-12-26(14-22(18)28)19-8-9-23-25-21(10-16(3)27(23)13-19)17-7-6-15(2)20(24)11-17;1-5-3-2-4-5;2*1-2/h6-11,13,18,22,28H,3-5,12,14H2,1-2H3;5H,2-4H2,1H3;2*1-2H3/t18-,22-;;;/m1.../s1. The predicted octanol–water partition coefficient (Wildman–Crippen LogP) is 8.07. The third-order valence-electron chi connectivity index (χ3n) is 7.05. The number of aliphatic imine (C=N–C) groups is 1. The van der Waals surface area contributed by atoms with Crippen molar-refractivity contribution in [2.75, 3.05) is 13.1 Å². The second-order valence-electron chi connectivity index (χ2n) is 9.77. The minimum Gasteiger partial charge on any atom is -0.391 e. The van der Waals surface area contributed by atoms with Crippen LogP contribution in [0.15, 0.2) is 65.6 Å². The van der Waals surface area contributed by atoms with E-state index in [0.29, 0.717) is 23.7 Å². The van der Waals surface area contributed by atoms with E-state index in [9.17, 15) is 9.50 Å². The van der Waals surface area contributed by atoms with Gasteiger partial charge in [0.2, 0.25) is 0 Å². The molecular weight excluding hydrogens is 461 g/mol. The van der Waals surface area contributed by atoms with Crippen LogP contribution in [0.5, 0.6) is 0 Å². The first-order valence-corrected chi connectivity index (χ1v) is 14.2. The van der Waals surface area contributed by atoms with Gasteiger partial charge in [-0.15, -0.1) is 0 Å².